The number of rotatable bonds is 5. The quantitative estimate of drug-likeness (QED) is 0.177. The second-order valence-corrected chi connectivity index (χ2v) is 13.5. The molecule has 0 saturated heterocycles. The van der Waals surface area contributed by atoms with Crippen LogP contribution in [-0.4, -0.2) is 9.13 Å². The zero-order valence-electron chi connectivity index (χ0n) is 27.8. The van der Waals surface area contributed by atoms with Gasteiger partial charge in [-0.25, -0.2) is 0 Å². The SMILES string of the molecule is C1=CCCC(c2cccc3c2c2ccccc2n3-c2ccccc2-c2ccccc2-n2c3ccccc3c3c(C4C=CC=CC4)cccc32)=C1. The maximum absolute atomic E-state index is 2.50. The van der Waals surface area contributed by atoms with Crippen molar-refractivity contribution in [2.75, 3.05) is 0 Å². The summed E-state index contributed by atoms with van der Waals surface area (Å²) in [6, 6.07) is 49.4. The van der Waals surface area contributed by atoms with Gasteiger partial charge < -0.3 is 9.13 Å². The first kappa shape index (κ1) is 28.9. The second kappa shape index (κ2) is 11.8. The highest BCUT2D eigenvalue weighted by Gasteiger charge is 2.23. The van der Waals surface area contributed by atoms with Crippen molar-refractivity contribution in [2.45, 2.75) is 25.2 Å². The van der Waals surface area contributed by atoms with Gasteiger partial charge in [0.15, 0.2) is 0 Å². The molecule has 2 aromatic heterocycles. The van der Waals surface area contributed by atoms with E-state index in [1.807, 2.05) is 0 Å². The molecule has 2 aliphatic carbocycles. The van der Waals surface area contributed by atoms with Gasteiger partial charge in [0.25, 0.3) is 0 Å². The maximum atomic E-state index is 2.50. The highest BCUT2D eigenvalue weighted by molar-refractivity contribution is 6.15. The molecule has 0 saturated carbocycles. The average Bonchev–Trinajstić information content (AvgIpc) is 3.72. The predicted molar refractivity (Wildman–Crippen MR) is 213 cm³/mol. The van der Waals surface area contributed by atoms with Crippen molar-refractivity contribution in [3.8, 4) is 22.5 Å². The van der Waals surface area contributed by atoms with Crippen molar-refractivity contribution in [1.82, 2.24) is 9.13 Å². The minimum absolute atomic E-state index is 0.361. The van der Waals surface area contributed by atoms with Crippen molar-refractivity contribution in [3.63, 3.8) is 0 Å². The third-order valence-electron chi connectivity index (χ3n) is 10.7. The molecule has 0 amide bonds. The summed E-state index contributed by atoms with van der Waals surface area (Å²) in [7, 11) is 0. The number of fused-ring (bicyclic) bond motifs is 6. The molecule has 2 heterocycles. The molecular formula is C48H36N2. The molecule has 2 aliphatic rings. The van der Waals surface area contributed by atoms with Crippen LogP contribution in [0.3, 0.4) is 0 Å². The first-order valence-electron chi connectivity index (χ1n) is 17.8. The number of aromatic nitrogens is 2. The lowest BCUT2D eigenvalue weighted by molar-refractivity contribution is 0.862. The number of para-hydroxylation sites is 4. The van der Waals surface area contributed by atoms with E-state index in [-0.39, 0.29) is 0 Å². The lowest BCUT2D eigenvalue weighted by Gasteiger charge is -2.19. The molecule has 1 atom stereocenters. The minimum atomic E-state index is 0.361. The number of allylic oxidation sites excluding steroid dienone is 8. The van der Waals surface area contributed by atoms with Crippen LogP contribution in [-0.2, 0) is 0 Å². The van der Waals surface area contributed by atoms with E-state index in [0.717, 1.165) is 19.3 Å². The summed E-state index contributed by atoms with van der Waals surface area (Å²) in [5.74, 6) is 0.361. The number of hydrogen-bond acceptors (Lipinski definition) is 0. The average molecular weight is 641 g/mol. The number of nitrogens with zero attached hydrogens (tertiary/aromatic N) is 2. The van der Waals surface area contributed by atoms with Gasteiger partial charge in [-0.2, -0.15) is 0 Å². The summed E-state index contributed by atoms with van der Waals surface area (Å²) < 4.78 is 4.99. The van der Waals surface area contributed by atoms with Crippen LogP contribution in [0.1, 0.15) is 36.3 Å². The number of benzene rings is 6. The molecule has 0 N–H and O–H groups in total. The normalized spacial score (nSPS) is 15.8. The molecule has 2 heteroatoms. The fourth-order valence-corrected chi connectivity index (χ4v) is 8.59. The predicted octanol–water partition coefficient (Wildman–Crippen LogP) is 12.9. The Balaban J connectivity index is 1.24. The molecule has 6 aromatic carbocycles. The minimum Gasteiger partial charge on any atom is -0.309 e. The molecule has 10 rings (SSSR count). The van der Waals surface area contributed by atoms with Gasteiger partial charge in [-0.05, 0) is 72.4 Å². The largest absolute Gasteiger partial charge is 0.309 e. The first-order valence-corrected chi connectivity index (χ1v) is 17.8. The molecule has 238 valence electrons. The third-order valence-corrected chi connectivity index (χ3v) is 10.7. The first-order chi connectivity index (χ1) is 24.9. The Kier molecular flexibility index (Phi) is 6.80. The van der Waals surface area contributed by atoms with Crippen LogP contribution in [0.15, 0.2) is 176 Å². The Labute approximate surface area is 292 Å². The van der Waals surface area contributed by atoms with Gasteiger partial charge >= 0.3 is 0 Å². The Morgan fingerprint density at radius 3 is 1.70 bits per heavy atom. The zero-order chi connectivity index (χ0) is 33.0. The van der Waals surface area contributed by atoms with Crippen molar-refractivity contribution in [1.29, 1.82) is 0 Å². The maximum Gasteiger partial charge on any atom is 0.0547 e. The number of hydrogen-bond donors (Lipinski definition) is 0. The van der Waals surface area contributed by atoms with Gasteiger partial charge in [-0.1, -0.05) is 140 Å². The highest BCUT2D eigenvalue weighted by atomic mass is 15.0. The van der Waals surface area contributed by atoms with E-state index in [4.69, 9.17) is 0 Å². The fraction of sp³-hybridized carbons (Fsp3) is 0.0833. The van der Waals surface area contributed by atoms with Crippen molar-refractivity contribution in [2.24, 2.45) is 0 Å². The van der Waals surface area contributed by atoms with Gasteiger partial charge in [0, 0.05) is 38.6 Å². The molecule has 0 aliphatic heterocycles. The monoisotopic (exact) mass is 640 g/mol. The molecule has 1 unspecified atom stereocenters. The summed E-state index contributed by atoms with van der Waals surface area (Å²) >= 11 is 0. The molecule has 0 radical (unpaired) electrons. The Morgan fingerprint density at radius 1 is 0.460 bits per heavy atom. The summed E-state index contributed by atoms with van der Waals surface area (Å²) in [6.45, 7) is 0. The van der Waals surface area contributed by atoms with Gasteiger partial charge in [0.1, 0.15) is 0 Å². The van der Waals surface area contributed by atoms with Crippen molar-refractivity contribution < 1.29 is 0 Å². The summed E-state index contributed by atoms with van der Waals surface area (Å²) in [6.07, 6.45) is 18.9. The van der Waals surface area contributed by atoms with Gasteiger partial charge in [0.05, 0.1) is 33.4 Å². The topological polar surface area (TPSA) is 9.86 Å². The van der Waals surface area contributed by atoms with Crippen molar-refractivity contribution in [3.05, 3.63) is 187 Å². The molecule has 8 aromatic rings. The van der Waals surface area contributed by atoms with Crippen LogP contribution in [0, 0.1) is 0 Å². The van der Waals surface area contributed by atoms with Gasteiger partial charge in [0.2, 0.25) is 0 Å². The van der Waals surface area contributed by atoms with Crippen LogP contribution < -0.4 is 0 Å². The Hall–Kier alpha value is -6.12. The van der Waals surface area contributed by atoms with Crippen molar-refractivity contribution >= 4 is 49.2 Å². The highest BCUT2D eigenvalue weighted by Crippen LogP contribution is 2.44. The Morgan fingerprint density at radius 2 is 1.04 bits per heavy atom. The van der Waals surface area contributed by atoms with E-state index >= 15 is 0 Å². The fourth-order valence-electron chi connectivity index (χ4n) is 8.59. The molecule has 0 fully saturated rings. The second-order valence-electron chi connectivity index (χ2n) is 13.5. The van der Waals surface area contributed by atoms with E-state index in [9.17, 15) is 0 Å². The molecule has 0 bridgehead atoms. The van der Waals surface area contributed by atoms with Crippen LogP contribution in [0.25, 0.3) is 71.7 Å². The van der Waals surface area contributed by atoms with Crippen LogP contribution in [0.2, 0.25) is 0 Å². The summed E-state index contributed by atoms with van der Waals surface area (Å²) in [5, 5.41) is 5.26. The van der Waals surface area contributed by atoms with E-state index in [1.54, 1.807) is 0 Å². The summed E-state index contributed by atoms with van der Waals surface area (Å²) in [5.41, 5.74) is 13.8. The lowest BCUT2D eigenvalue weighted by atomic mass is 9.89. The third kappa shape index (κ3) is 4.42. The van der Waals surface area contributed by atoms with E-state index in [1.165, 1.54) is 82.8 Å². The lowest BCUT2D eigenvalue weighted by Crippen LogP contribution is -2.01. The van der Waals surface area contributed by atoms with Crippen LogP contribution in [0.4, 0.5) is 0 Å². The van der Waals surface area contributed by atoms with Gasteiger partial charge in [-0.15, -0.1) is 0 Å². The molecule has 50 heavy (non-hydrogen) atoms. The molecule has 0 spiro atoms. The van der Waals surface area contributed by atoms with Crippen LogP contribution >= 0.6 is 0 Å². The van der Waals surface area contributed by atoms with E-state index in [2.05, 4.69) is 185 Å². The van der Waals surface area contributed by atoms with Gasteiger partial charge in [-0.3, -0.25) is 0 Å². The molecular weight excluding hydrogens is 605 g/mol. The molecule has 2 nitrogen and oxygen atoms in total. The summed E-state index contributed by atoms with van der Waals surface area (Å²) in [4.78, 5) is 0. The van der Waals surface area contributed by atoms with E-state index in [0.29, 0.717) is 5.92 Å². The van der Waals surface area contributed by atoms with Crippen LogP contribution in [0.5, 0.6) is 0 Å². The van der Waals surface area contributed by atoms with E-state index < -0.39 is 0 Å². The smallest absolute Gasteiger partial charge is 0.0547 e. The zero-order valence-corrected chi connectivity index (χ0v) is 27.8. The standard InChI is InChI=1S/C48H36N2/c1-3-17-33(18-4-1)35-25-15-31-45-47(35)39-23-9-13-29-43(39)49(45)41-27-11-7-21-37(41)38-22-8-12-28-42(38)50-44-30-14-10-24-40(44)48-36(26-16-32-46(48)50)34-19-5-2-6-20-34/h1-5,7-17,19,21-33H,6,18,20H2. The Bertz CT molecular complexity index is 2740.